The van der Waals surface area contributed by atoms with Crippen LogP contribution in [-0.2, 0) is 21.2 Å². The maximum absolute atomic E-state index is 13.2. The van der Waals surface area contributed by atoms with Crippen LogP contribution < -0.4 is 10.9 Å². The van der Waals surface area contributed by atoms with Crippen molar-refractivity contribution in [3.63, 3.8) is 0 Å². The van der Waals surface area contributed by atoms with E-state index in [1.54, 1.807) is 18.2 Å². The van der Waals surface area contributed by atoms with Gasteiger partial charge in [0, 0.05) is 31.2 Å². The summed E-state index contributed by atoms with van der Waals surface area (Å²) in [6.07, 6.45) is 2.04. The largest absolute Gasteiger partial charge is 0.355 e. The Morgan fingerprint density at radius 1 is 1.10 bits per heavy atom. The molecule has 0 saturated carbocycles. The summed E-state index contributed by atoms with van der Waals surface area (Å²) in [6, 6.07) is 17.5. The first-order valence-corrected chi connectivity index (χ1v) is 11.8. The van der Waals surface area contributed by atoms with Gasteiger partial charge in [0.05, 0.1) is 10.8 Å². The highest BCUT2D eigenvalue weighted by Gasteiger charge is 2.33. The van der Waals surface area contributed by atoms with Gasteiger partial charge in [-0.2, -0.15) is 4.31 Å². The summed E-state index contributed by atoms with van der Waals surface area (Å²) in [5.74, 6) is -0.469. The Balaban J connectivity index is 1.42. The van der Waals surface area contributed by atoms with Crippen LogP contribution in [0.2, 0.25) is 0 Å². The molecular weight excluding hydrogens is 414 g/mol. The lowest BCUT2D eigenvalue weighted by Gasteiger charge is -2.31. The van der Waals surface area contributed by atoms with Gasteiger partial charge in [-0.05, 0) is 54.5 Å². The molecule has 2 aromatic carbocycles. The summed E-state index contributed by atoms with van der Waals surface area (Å²) in [5.41, 5.74) is 1.49. The van der Waals surface area contributed by atoms with Crippen molar-refractivity contribution in [2.45, 2.75) is 24.2 Å². The molecule has 1 fully saturated rings. The monoisotopic (exact) mass is 439 g/mol. The fraction of sp³-hybridized carbons (Fsp3) is 0.304. The van der Waals surface area contributed by atoms with Gasteiger partial charge in [0.2, 0.25) is 21.5 Å². The Morgan fingerprint density at radius 3 is 2.71 bits per heavy atom. The third-order valence-corrected chi connectivity index (χ3v) is 7.50. The minimum atomic E-state index is -3.73. The van der Waals surface area contributed by atoms with Gasteiger partial charge < -0.3 is 10.3 Å². The number of H-pyrrole nitrogens is 1. The molecule has 1 aliphatic rings. The number of sulfonamides is 1. The molecule has 1 atom stereocenters. The molecule has 1 amide bonds. The Hall–Kier alpha value is -2.97. The van der Waals surface area contributed by atoms with E-state index < -0.39 is 10.0 Å². The second-order valence-corrected chi connectivity index (χ2v) is 9.74. The molecule has 4 rings (SSSR count). The number of carbonyl (C=O) groups is 1. The number of aromatic amines is 1. The number of pyridine rings is 1. The number of hydrogen-bond acceptors (Lipinski definition) is 4. The number of carbonyl (C=O) groups excluding carboxylic acids is 1. The van der Waals surface area contributed by atoms with E-state index in [0.29, 0.717) is 36.8 Å². The van der Waals surface area contributed by atoms with Gasteiger partial charge in [-0.25, -0.2) is 8.42 Å². The SMILES string of the molecule is O=C(NCCc1ccccc1)[C@H]1CCCN(S(=O)(=O)c2ccc3[nH]c(=O)ccc3c2)C1. The third kappa shape index (κ3) is 4.86. The molecular formula is C23H25N3O4S. The number of rotatable bonds is 6. The van der Waals surface area contributed by atoms with E-state index in [4.69, 9.17) is 0 Å². The summed E-state index contributed by atoms with van der Waals surface area (Å²) in [7, 11) is -3.73. The first kappa shape index (κ1) is 21.3. The topological polar surface area (TPSA) is 99.3 Å². The zero-order valence-electron chi connectivity index (χ0n) is 17.1. The van der Waals surface area contributed by atoms with Gasteiger partial charge in [0.15, 0.2) is 0 Å². The standard InChI is InChI=1S/C23H25N3O4S/c27-22-11-8-18-15-20(9-10-21(18)25-22)31(29,30)26-14-4-7-19(16-26)23(28)24-13-12-17-5-2-1-3-6-17/h1-3,5-6,8-11,15,19H,4,7,12-14,16H2,(H,24,28)(H,25,27)/t19-/m0/s1. The maximum Gasteiger partial charge on any atom is 0.248 e. The molecule has 3 aromatic rings. The highest BCUT2D eigenvalue weighted by atomic mass is 32.2. The van der Waals surface area contributed by atoms with Crippen molar-refractivity contribution < 1.29 is 13.2 Å². The van der Waals surface area contributed by atoms with Crippen LogP contribution in [0, 0.1) is 5.92 Å². The number of amides is 1. The summed E-state index contributed by atoms with van der Waals surface area (Å²) in [6.45, 7) is 1.08. The summed E-state index contributed by atoms with van der Waals surface area (Å²) in [5, 5.41) is 3.59. The number of benzene rings is 2. The Kier molecular flexibility index (Phi) is 6.20. The fourth-order valence-corrected chi connectivity index (χ4v) is 5.50. The normalized spacial score (nSPS) is 17.5. The Labute approximate surface area is 181 Å². The maximum atomic E-state index is 13.2. The van der Waals surface area contributed by atoms with Crippen molar-refractivity contribution in [2.75, 3.05) is 19.6 Å². The first-order chi connectivity index (χ1) is 14.9. The predicted molar refractivity (Wildman–Crippen MR) is 119 cm³/mol. The molecule has 1 saturated heterocycles. The lowest BCUT2D eigenvalue weighted by Crippen LogP contribution is -2.45. The van der Waals surface area contributed by atoms with Crippen molar-refractivity contribution in [2.24, 2.45) is 5.92 Å². The minimum absolute atomic E-state index is 0.105. The van der Waals surface area contributed by atoms with Crippen molar-refractivity contribution in [3.05, 3.63) is 76.6 Å². The molecule has 2 heterocycles. The average molecular weight is 440 g/mol. The highest BCUT2D eigenvalue weighted by molar-refractivity contribution is 7.89. The van der Waals surface area contributed by atoms with Crippen LogP contribution in [-0.4, -0.2) is 43.2 Å². The van der Waals surface area contributed by atoms with Gasteiger partial charge in [0.25, 0.3) is 0 Å². The molecule has 0 aliphatic carbocycles. The third-order valence-electron chi connectivity index (χ3n) is 5.64. The Morgan fingerprint density at radius 2 is 1.90 bits per heavy atom. The minimum Gasteiger partial charge on any atom is -0.355 e. The number of hydrogen-bond donors (Lipinski definition) is 2. The van der Waals surface area contributed by atoms with Crippen LogP contribution in [0.1, 0.15) is 18.4 Å². The number of fused-ring (bicyclic) bond motifs is 1. The lowest BCUT2D eigenvalue weighted by atomic mass is 9.99. The zero-order chi connectivity index (χ0) is 21.8. The molecule has 1 aromatic heterocycles. The Bertz CT molecular complexity index is 1240. The molecule has 0 radical (unpaired) electrons. The molecule has 1 aliphatic heterocycles. The van der Waals surface area contributed by atoms with Crippen LogP contribution in [0.4, 0.5) is 0 Å². The van der Waals surface area contributed by atoms with Gasteiger partial charge in [-0.3, -0.25) is 9.59 Å². The number of nitrogens with zero attached hydrogens (tertiary/aromatic N) is 1. The summed E-state index contributed by atoms with van der Waals surface area (Å²) < 4.78 is 27.8. The molecule has 2 N–H and O–H groups in total. The second kappa shape index (κ2) is 9.03. The van der Waals surface area contributed by atoms with E-state index in [2.05, 4.69) is 10.3 Å². The van der Waals surface area contributed by atoms with Gasteiger partial charge in [-0.1, -0.05) is 30.3 Å². The predicted octanol–water partition coefficient (Wildman–Crippen LogP) is 2.29. The zero-order valence-corrected chi connectivity index (χ0v) is 17.9. The summed E-state index contributed by atoms with van der Waals surface area (Å²) in [4.78, 5) is 26.9. The average Bonchev–Trinajstić information content (AvgIpc) is 2.79. The van der Waals surface area contributed by atoms with Crippen molar-refractivity contribution in [1.29, 1.82) is 0 Å². The van der Waals surface area contributed by atoms with Gasteiger partial charge in [-0.15, -0.1) is 0 Å². The fourth-order valence-electron chi connectivity index (χ4n) is 3.94. The van der Waals surface area contributed by atoms with E-state index in [-0.39, 0.29) is 28.8 Å². The molecule has 8 heteroatoms. The van der Waals surface area contributed by atoms with Crippen molar-refractivity contribution in [1.82, 2.24) is 14.6 Å². The molecule has 31 heavy (non-hydrogen) atoms. The second-order valence-electron chi connectivity index (χ2n) is 7.80. The van der Waals surface area contributed by atoms with Crippen LogP contribution >= 0.6 is 0 Å². The van der Waals surface area contributed by atoms with E-state index >= 15 is 0 Å². The van der Waals surface area contributed by atoms with Crippen molar-refractivity contribution in [3.8, 4) is 0 Å². The molecule has 0 spiro atoms. The quantitative estimate of drug-likeness (QED) is 0.616. The highest BCUT2D eigenvalue weighted by Crippen LogP contribution is 2.25. The smallest absolute Gasteiger partial charge is 0.248 e. The van der Waals surface area contributed by atoms with E-state index in [1.807, 2.05) is 30.3 Å². The van der Waals surface area contributed by atoms with E-state index in [9.17, 15) is 18.0 Å². The van der Waals surface area contributed by atoms with Crippen LogP contribution in [0.5, 0.6) is 0 Å². The van der Waals surface area contributed by atoms with Crippen molar-refractivity contribution >= 4 is 26.8 Å². The van der Waals surface area contributed by atoms with Gasteiger partial charge >= 0.3 is 0 Å². The van der Waals surface area contributed by atoms with Crippen LogP contribution in [0.15, 0.2) is 70.4 Å². The number of nitrogens with one attached hydrogen (secondary N) is 2. The van der Waals surface area contributed by atoms with Gasteiger partial charge in [0.1, 0.15) is 0 Å². The molecule has 162 valence electrons. The molecule has 7 nitrogen and oxygen atoms in total. The molecule has 0 bridgehead atoms. The van der Waals surface area contributed by atoms with E-state index in [0.717, 1.165) is 12.0 Å². The van der Waals surface area contributed by atoms with Crippen LogP contribution in [0.25, 0.3) is 10.9 Å². The lowest BCUT2D eigenvalue weighted by molar-refractivity contribution is -0.126. The number of piperidine rings is 1. The van der Waals surface area contributed by atoms with E-state index in [1.165, 1.54) is 16.4 Å². The first-order valence-electron chi connectivity index (χ1n) is 10.4. The number of aromatic nitrogens is 1. The van der Waals surface area contributed by atoms with Crippen LogP contribution in [0.3, 0.4) is 0 Å². The summed E-state index contributed by atoms with van der Waals surface area (Å²) >= 11 is 0. The molecule has 0 unspecified atom stereocenters.